The molecule has 0 radical (unpaired) electrons. The number of methoxy groups -OCH3 is 1. The lowest BCUT2D eigenvalue weighted by Gasteiger charge is -2.33. The Morgan fingerprint density at radius 1 is 0.833 bits per heavy atom. The molecule has 1 aliphatic rings. The third-order valence-corrected chi connectivity index (χ3v) is 7.47. The van der Waals surface area contributed by atoms with Crippen molar-refractivity contribution in [2.75, 3.05) is 27.7 Å². The zero-order valence-electron chi connectivity index (χ0n) is 24.2. The number of nitrogens with zero attached hydrogens (tertiary/aromatic N) is 1. The van der Waals surface area contributed by atoms with Crippen LogP contribution in [0.25, 0.3) is 22.3 Å². The molecular weight excluding hydrogens is 538 g/mol. The Balaban J connectivity index is 0.000000316. The molecule has 1 aliphatic carbocycles. The van der Waals surface area contributed by atoms with Gasteiger partial charge in [-0.2, -0.15) is 0 Å². The lowest BCUT2D eigenvalue weighted by atomic mass is 9.78. The number of fused-ring (bicyclic) bond motifs is 1. The standard InChI is InChI=1S/C27H31NO.C6H8O7/c1-28(2)18-17-23-13-14-25-19-24(15-16-26(25)27(23)29-3)22-11-9-21(10-12-22)20-7-5-4-6-8-20;7-3(8)1-6(13,5(11)12)2-4(9)10/h4-12,15-16,19,23,27H,13-14,17-18H2,1-3H3;13H,1-2H2,(H,7,8)(H,9,10)(H,11,12). The molecule has 224 valence electrons. The van der Waals surface area contributed by atoms with E-state index in [0.717, 1.165) is 13.0 Å². The zero-order chi connectivity index (χ0) is 30.9. The molecule has 0 amide bonds. The summed E-state index contributed by atoms with van der Waals surface area (Å²) in [6.45, 7) is 1.12. The van der Waals surface area contributed by atoms with Gasteiger partial charge in [0.05, 0.1) is 18.9 Å². The van der Waals surface area contributed by atoms with Crippen molar-refractivity contribution in [1.82, 2.24) is 4.90 Å². The summed E-state index contributed by atoms with van der Waals surface area (Å²) in [7, 11) is 6.15. The summed E-state index contributed by atoms with van der Waals surface area (Å²) in [5.74, 6) is -4.42. The Bertz CT molecular complexity index is 1340. The molecule has 0 aromatic heterocycles. The second-order valence-electron chi connectivity index (χ2n) is 10.9. The molecule has 9 nitrogen and oxygen atoms in total. The maximum atomic E-state index is 10.3. The minimum atomic E-state index is -2.74. The maximum absolute atomic E-state index is 10.3. The summed E-state index contributed by atoms with van der Waals surface area (Å²) >= 11 is 0. The first-order valence-electron chi connectivity index (χ1n) is 13.8. The Hall–Kier alpha value is -4.05. The van der Waals surface area contributed by atoms with Crippen LogP contribution in [0.15, 0.2) is 72.8 Å². The second-order valence-corrected chi connectivity index (χ2v) is 10.9. The molecule has 4 N–H and O–H groups in total. The monoisotopic (exact) mass is 577 g/mol. The fourth-order valence-corrected chi connectivity index (χ4v) is 5.26. The molecule has 0 saturated heterocycles. The number of carboxylic acid groups (broad SMARTS) is 3. The number of hydrogen-bond donors (Lipinski definition) is 4. The van der Waals surface area contributed by atoms with Crippen LogP contribution < -0.4 is 0 Å². The van der Waals surface area contributed by atoms with Crippen LogP contribution in [-0.2, 0) is 25.5 Å². The Labute approximate surface area is 246 Å². The molecule has 0 heterocycles. The van der Waals surface area contributed by atoms with Crippen molar-refractivity contribution in [2.24, 2.45) is 5.92 Å². The van der Waals surface area contributed by atoms with Gasteiger partial charge in [-0.1, -0.05) is 72.8 Å². The van der Waals surface area contributed by atoms with Crippen molar-refractivity contribution < 1.29 is 39.5 Å². The van der Waals surface area contributed by atoms with Crippen LogP contribution in [0.4, 0.5) is 0 Å². The van der Waals surface area contributed by atoms with Crippen LogP contribution in [-0.4, -0.2) is 76.6 Å². The number of aliphatic carboxylic acids is 3. The maximum Gasteiger partial charge on any atom is 0.336 e. The largest absolute Gasteiger partial charge is 0.481 e. The first-order chi connectivity index (χ1) is 19.9. The first-order valence-corrected chi connectivity index (χ1v) is 13.8. The van der Waals surface area contributed by atoms with Gasteiger partial charge >= 0.3 is 17.9 Å². The van der Waals surface area contributed by atoms with Crippen molar-refractivity contribution >= 4 is 17.9 Å². The van der Waals surface area contributed by atoms with Crippen molar-refractivity contribution in [3.8, 4) is 22.3 Å². The van der Waals surface area contributed by atoms with Crippen LogP contribution in [0, 0.1) is 5.92 Å². The molecule has 0 saturated carbocycles. The van der Waals surface area contributed by atoms with Crippen molar-refractivity contribution in [1.29, 1.82) is 0 Å². The third kappa shape index (κ3) is 8.72. The molecule has 42 heavy (non-hydrogen) atoms. The number of carbonyl (C=O) groups is 3. The molecule has 0 aliphatic heterocycles. The van der Waals surface area contributed by atoms with Gasteiger partial charge in [-0.3, -0.25) is 9.59 Å². The summed E-state index contributed by atoms with van der Waals surface area (Å²) in [6, 6.07) is 26.4. The highest BCUT2D eigenvalue weighted by molar-refractivity contribution is 5.88. The van der Waals surface area contributed by atoms with Gasteiger partial charge in [-0.15, -0.1) is 0 Å². The van der Waals surface area contributed by atoms with E-state index in [4.69, 9.17) is 25.2 Å². The first kappa shape index (κ1) is 32.5. The second kappa shape index (κ2) is 14.7. The SMILES string of the molecule is COC1c2ccc(-c3ccc(-c4ccccc4)cc3)cc2CCC1CCN(C)C.O=C(O)CC(O)(CC(=O)O)C(=O)O. The highest BCUT2D eigenvalue weighted by Crippen LogP contribution is 2.40. The van der Waals surface area contributed by atoms with Gasteiger partial charge in [0.15, 0.2) is 5.60 Å². The summed E-state index contributed by atoms with van der Waals surface area (Å²) < 4.78 is 5.95. The normalized spacial score (nSPS) is 16.2. The van der Waals surface area contributed by atoms with Crippen molar-refractivity contribution in [2.45, 2.75) is 43.8 Å². The van der Waals surface area contributed by atoms with E-state index in [-0.39, 0.29) is 6.10 Å². The molecule has 2 unspecified atom stereocenters. The van der Waals surface area contributed by atoms with Gasteiger partial charge in [0.2, 0.25) is 0 Å². The highest BCUT2D eigenvalue weighted by Gasteiger charge is 2.40. The molecule has 0 fully saturated rings. The van der Waals surface area contributed by atoms with E-state index in [0.29, 0.717) is 5.92 Å². The third-order valence-electron chi connectivity index (χ3n) is 7.47. The molecule has 9 heteroatoms. The van der Waals surface area contributed by atoms with Gasteiger partial charge in [0.1, 0.15) is 0 Å². The Morgan fingerprint density at radius 2 is 1.36 bits per heavy atom. The van der Waals surface area contributed by atoms with Crippen LogP contribution >= 0.6 is 0 Å². The number of aliphatic hydroxyl groups is 1. The van der Waals surface area contributed by atoms with Crippen LogP contribution in [0.2, 0.25) is 0 Å². The van der Waals surface area contributed by atoms with E-state index in [1.54, 1.807) is 0 Å². The van der Waals surface area contributed by atoms with E-state index < -0.39 is 36.4 Å². The smallest absolute Gasteiger partial charge is 0.336 e. The van der Waals surface area contributed by atoms with E-state index in [1.807, 2.05) is 7.11 Å². The lowest BCUT2D eigenvalue weighted by molar-refractivity contribution is -0.170. The van der Waals surface area contributed by atoms with E-state index in [1.165, 1.54) is 46.2 Å². The predicted octanol–water partition coefficient (Wildman–Crippen LogP) is 4.97. The lowest BCUT2D eigenvalue weighted by Crippen LogP contribution is -2.42. The highest BCUT2D eigenvalue weighted by atomic mass is 16.5. The van der Waals surface area contributed by atoms with Gasteiger partial charge < -0.3 is 30.1 Å². The van der Waals surface area contributed by atoms with E-state index >= 15 is 0 Å². The topological polar surface area (TPSA) is 145 Å². The Kier molecular flexibility index (Phi) is 11.4. The summed E-state index contributed by atoms with van der Waals surface area (Å²) in [5.41, 5.74) is 5.18. The number of aryl methyl sites for hydroxylation is 1. The minimum absolute atomic E-state index is 0.216. The molecule has 4 rings (SSSR count). The fraction of sp³-hybridized carbons (Fsp3) is 0.364. The summed E-state index contributed by atoms with van der Waals surface area (Å²) in [6.07, 6.45) is 1.46. The number of rotatable bonds is 11. The van der Waals surface area contributed by atoms with Gasteiger partial charge in [-0.25, -0.2) is 4.79 Å². The number of benzene rings is 3. The summed E-state index contributed by atoms with van der Waals surface area (Å²) in [5, 5.41) is 33.8. The fourth-order valence-electron chi connectivity index (χ4n) is 5.26. The average Bonchev–Trinajstić information content (AvgIpc) is 2.95. The van der Waals surface area contributed by atoms with E-state index in [9.17, 15) is 14.4 Å². The molecule has 3 aromatic carbocycles. The van der Waals surface area contributed by atoms with Crippen molar-refractivity contribution in [3.05, 3.63) is 83.9 Å². The van der Waals surface area contributed by atoms with Crippen molar-refractivity contribution in [3.63, 3.8) is 0 Å². The number of hydrogen-bond acceptors (Lipinski definition) is 6. The van der Waals surface area contributed by atoms with Crippen LogP contribution in [0.1, 0.15) is 42.9 Å². The quantitative estimate of drug-likeness (QED) is 0.248. The Morgan fingerprint density at radius 3 is 1.86 bits per heavy atom. The van der Waals surface area contributed by atoms with E-state index in [2.05, 4.69) is 91.8 Å². The molecule has 2 atom stereocenters. The number of carboxylic acids is 3. The minimum Gasteiger partial charge on any atom is -0.481 e. The van der Waals surface area contributed by atoms with Crippen LogP contribution in [0.5, 0.6) is 0 Å². The predicted molar refractivity (Wildman–Crippen MR) is 159 cm³/mol. The molecule has 0 bridgehead atoms. The molecule has 0 spiro atoms. The van der Waals surface area contributed by atoms with Crippen LogP contribution in [0.3, 0.4) is 0 Å². The van der Waals surface area contributed by atoms with Gasteiger partial charge in [0, 0.05) is 7.11 Å². The average molecular weight is 578 g/mol. The zero-order valence-corrected chi connectivity index (χ0v) is 24.2. The molecule has 3 aromatic rings. The summed E-state index contributed by atoms with van der Waals surface area (Å²) in [4.78, 5) is 32.8. The number of ether oxygens (including phenoxy) is 1. The molecular formula is C33H39NO8. The van der Waals surface area contributed by atoms with Gasteiger partial charge in [0.25, 0.3) is 0 Å². The van der Waals surface area contributed by atoms with Gasteiger partial charge in [-0.05, 0) is 79.2 Å².